The molecule has 19 heavy (non-hydrogen) atoms. The number of hydrogen-bond donors (Lipinski definition) is 1. The highest BCUT2D eigenvalue weighted by atomic mass is 32.2. The number of hydrogen-bond acceptors (Lipinski definition) is 3. The lowest BCUT2D eigenvalue weighted by Gasteiger charge is -2.29. The molecule has 2 saturated heterocycles. The van der Waals surface area contributed by atoms with E-state index in [1.807, 2.05) is 28.6 Å². The Bertz CT molecular complexity index is 345. The quantitative estimate of drug-likeness (QED) is 0.855. The molecule has 2 atom stereocenters. The van der Waals surface area contributed by atoms with E-state index < -0.39 is 5.97 Å². The molecule has 0 spiro atoms. The predicted molar refractivity (Wildman–Crippen MR) is 75.4 cm³/mol. The third-order valence-electron chi connectivity index (χ3n) is 4.08. The largest absolute Gasteiger partial charge is 0.481 e. The first kappa shape index (κ1) is 14.5. The normalized spacial score (nSPS) is 26.7. The van der Waals surface area contributed by atoms with Crippen LogP contribution in [0.2, 0.25) is 0 Å². The van der Waals surface area contributed by atoms with Crippen LogP contribution >= 0.6 is 11.8 Å². The Kier molecular flexibility index (Phi) is 4.96. The number of urea groups is 1. The molecule has 2 fully saturated rings. The topological polar surface area (TPSA) is 60.9 Å². The minimum Gasteiger partial charge on any atom is -0.481 e. The van der Waals surface area contributed by atoms with Crippen LogP contribution in [0.5, 0.6) is 0 Å². The number of aliphatic carboxylic acids is 1. The summed E-state index contributed by atoms with van der Waals surface area (Å²) in [6.45, 7) is 1.49. The van der Waals surface area contributed by atoms with E-state index >= 15 is 0 Å². The molecule has 0 bridgehead atoms. The molecule has 2 aliphatic rings. The Labute approximate surface area is 118 Å². The van der Waals surface area contributed by atoms with Gasteiger partial charge in [-0.25, -0.2) is 4.79 Å². The molecule has 2 heterocycles. The van der Waals surface area contributed by atoms with Gasteiger partial charge in [0.25, 0.3) is 0 Å². The molecule has 1 N–H and O–H groups in total. The number of carbonyl (C=O) groups excluding carboxylic acids is 1. The van der Waals surface area contributed by atoms with Gasteiger partial charge in [-0.15, -0.1) is 0 Å². The number of rotatable bonds is 4. The van der Waals surface area contributed by atoms with Gasteiger partial charge in [0, 0.05) is 38.4 Å². The Morgan fingerprint density at radius 3 is 2.84 bits per heavy atom. The smallest absolute Gasteiger partial charge is 0.320 e. The Morgan fingerprint density at radius 2 is 2.21 bits per heavy atom. The zero-order valence-corrected chi connectivity index (χ0v) is 12.2. The van der Waals surface area contributed by atoms with Crippen LogP contribution in [0.1, 0.15) is 25.7 Å². The van der Waals surface area contributed by atoms with Crippen molar-refractivity contribution in [1.82, 2.24) is 9.80 Å². The van der Waals surface area contributed by atoms with E-state index in [2.05, 4.69) is 0 Å². The highest BCUT2D eigenvalue weighted by Crippen LogP contribution is 2.25. The summed E-state index contributed by atoms with van der Waals surface area (Å²) in [6, 6.07) is 0.487. The summed E-state index contributed by atoms with van der Waals surface area (Å²) >= 11 is 1.90. The van der Waals surface area contributed by atoms with Crippen LogP contribution in [-0.4, -0.2) is 64.6 Å². The van der Waals surface area contributed by atoms with Gasteiger partial charge in [0.2, 0.25) is 0 Å². The molecule has 0 aromatic rings. The first-order chi connectivity index (χ1) is 9.08. The van der Waals surface area contributed by atoms with E-state index in [0.717, 1.165) is 37.4 Å². The van der Waals surface area contributed by atoms with Crippen molar-refractivity contribution in [2.45, 2.75) is 31.7 Å². The Balaban J connectivity index is 1.79. The Morgan fingerprint density at radius 1 is 1.42 bits per heavy atom. The monoisotopic (exact) mass is 286 g/mol. The predicted octanol–water partition coefficient (Wildman–Crippen LogP) is 1.73. The number of carboxylic acids is 1. The molecule has 2 aliphatic heterocycles. The molecule has 0 saturated carbocycles. The number of amides is 2. The summed E-state index contributed by atoms with van der Waals surface area (Å²) in [6.07, 6.45) is 2.92. The van der Waals surface area contributed by atoms with Crippen LogP contribution in [0.15, 0.2) is 0 Å². The van der Waals surface area contributed by atoms with Crippen LogP contribution in [0.25, 0.3) is 0 Å². The second kappa shape index (κ2) is 6.50. The van der Waals surface area contributed by atoms with Crippen molar-refractivity contribution >= 4 is 23.8 Å². The van der Waals surface area contributed by atoms with Gasteiger partial charge in [0.05, 0.1) is 0 Å². The van der Waals surface area contributed by atoms with Crippen LogP contribution in [0.3, 0.4) is 0 Å². The summed E-state index contributed by atoms with van der Waals surface area (Å²) < 4.78 is 0. The molecule has 0 radical (unpaired) electrons. The molecule has 2 amide bonds. The van der Waals surface area contributed by atoms with Gasteiger partial charge in [-0.2, -0.15) is 11.8 Å². The van der Waals surface area contributed by atoms with Gasteiger partial charge < -0.3 is 14.9 Å². The number of likely N-dealkylation sites (tertiary alicyclic amines) is 1. The number of carboxylic acid groups (broad SMARTS) is 1. The molecule has 0 aromatic heterocycles. The fourth-order valence-electron chi connectivity index (χ4n) is 2.78. The van der Waals surface area contributed by atoms with E-state index in [9.17, 15) is 9.59 Å². The van der Waals surface area contributed by atoms with Crippen LogP contribution in [0.4, 0.5) is 4.79 Å². The lowest BCUT2D eigenvalue weighted by molar-refractivity contribution is -0.137. The summed E-state index contributed by atoms with van der Waals surface area (Å²) in [7, 11) is 1.89. The molecule has 5 nitrogen and oxygen atoms in total. The van der Waals surface area contributed by atoms with E-state index in [1.165, 1.54) is 0 Å². The molecule has 0 aliphatic carbocycles. The van der Waals surface area contributed by atoms with E-state index in [1.54, 1.807) is 0 Å². The number of nitrogens with zero attached hydrogens (tertiary/aromatic N) is 2. The lowest BCUT2D eigenvalue weighted by Crippen LogP contribution is -2.45. The van der Waals surface area contributed by atoms with Crippen LogP contribution < -0.4 is 0 Å². The zero-order valence-electron chi connectivity index (χ0n) is 11.4. The summed E-state index contributed by atoms with van der Waals surface area (Å²) in [4.78, 5) is 26.7. The third kappa shape index (κ3) is 3.78. The molecular weight excluding hydrogens is 264 g/mol. The van der Waals surface area contributed by atoms with Crippen molar-refractivity contribution in [3.05, 3.63) is 0 Å². The fourth-order valence-corrected chi connectivity index (χ4v) is 4.04. The van der Waals surface area contributed by atoms with Crippen molar-refractivity contribution < 1.29 is 14.7 Å². The SMILES string of the molecule is CN(C(=O)N1CCC(CCC(=O)O)C1)C1CCSC1. The molecule has 2 rings (SSSR count). The second-order valence-electron chi connectivity index (χ2n) is 5.44. The fraction of sp³-hybridized carbons (Fsp3) is 0.846. The zero-order chi connectivity index (χ0) is 13.8. The van der Waals surface area contributed by atoms with E-state index in [-0.39, 0.29) is 12.5 Å². The maximum atomic E-state index is 12.3. The molecule has 108 valence electrons. The Hall–Kier alpha value is -0.910. The lowest BCUT2D eigenvalue weighted by atomic mass is 10.0. The molecule has 2 unspecified atom stereocenters. The van der Waals surface area contributed by atoms with Crippen molar-refractivity contribution in [2.24, 2.45) is 5.92 Å². The average Bonchev–Trinajstić information content (AvgIpc) is 3.05. The van der Waals surface area contributed by atoms with Crippen molar-refractivity contribution in [2.75, 3.05) is 31.6 Å². The van der Waals surface area contributed by atoms with Crippen molar-refractivity contribution in [3.8, 4) is 0 Å². The van der Waals surface area contributed by atoms with Gasteiger partial charge >= 0.3 is 12.0 Å². The van der Waals surface area contributed by atoms with Gasteiger partial charge in [-0.1, -0.05) is 0 Å². The van der Waals surface area contributed by atoms with Crippen LogP contribution in [0, 0.1) is 5.92 Å². The standard InChI is InChI=1S/C13H22N2O3S/c1-14(11-5-7-19-9-11)13(18)15-6-4-10(8-15)2-3-12(16)17/h10-11H,2-9H2,1H3,(H,16,17). The average molecular weight is 286 g/mol. The van der Waals surface area contributed by atoms with Crippen molar-refractivity contribution in [3.63, 3.8) is 0 Å². The van der Waals surface area contributed by atoms with Gasteiger partial charge in [0.1, 0.15) is 0 Å². The first-order valence-electron chi connectivity index (χ1n) is 6.89. The van der Waals surface area contributed by atoms with Gasteiger partial charge in [-0.05, 0) is 30.9 Å². The highest BCUT2D eigenvalue weighted by Gasteiger charge is 2.31. The summed E-state index contributed by atoms with van der Waals surface area (Å²) in [5.41, 5.74) is 0. The second-order valence-corrected chi connectivity index (χ2v) is 6.59. The molecular formula is C13H22N2O3S. The van der Waals surface area contributed by atoms with Gasteiger partial charge in [0.15, 0.2) is 0 Å². The van der Waals surface area contributed by atoms with Gasteiger partial charge in [-0.3, -0.25) is 4.79 Å². The molecule has 0 aromatic carbocycles. The van der Waals surface area contributed by atoms with E-state index in [4.69, 9.17) is 5.11 Å². The van der Waals surface area contributed by atoms with E-state index in [0.29, 0.717) is 18.4 Å². The minimum atomic E-state index is -0.745. The number of carbonyl (C=O) groups is 2. The van der Waals surface area contributed by atoms with Crippen molar-refractivity contribution in [1.29, 1.82) is 0 Å². The molecule has 6 heteroatoms. The number of thioether (sulfide) groups is 1. The first-order valence-corrected chi connectivity index (χ1v) is 8.04. The third-order valence-corrected chi connectivity index (χ3v) is 5.22. The van der Waals surface area contributed by atoms with Crippen LogP contribution in [-0.2, 0) is 4.79 Å². The maximum Gasteiger partial charge on any atom is 0.320 e. The maximum absolute atomic E-state index is 12.3. The summed E-state index contributed by atoms with van der Waals surface area (Å²) in [5, 5.41) is 8.69. The highest BCUT2D eigenvalue weighted by molar-refractivity contribution is 7.99. The summed E-state index contributed by atoms with van der Waals surface area (Å²) in [5.74, 6) is 1.79. The minimum absolute atomic E-state index is 0.116.